The van der Waals surface area contributed by atoms with E-state index in [2.05, 4.69) is 5.32 Å². The molecule has 1 unspecified atom stereocenters. The van der Waals surface area contributed by atoms with E-state index in [1.807, 2.05) is 13.0 Å². The second-order valence-electron chi connectivity index (χ2n) is 4.43. The van der Waals surface area contributed by atoms with Crippen LogP contribution in [0.2, 0.25) is 0 Å². The average Bonchev–Trinajstić information content (AvgIpc) is 2.75. The van der Waals surface area contributed by atoms with Crippen molar-refractivity contribution in [1.82, 2.24) is 5.32 Å². The number of aryl methyl sites for hydroxylation is 2. The highest BCUT2D eigenvalue weighted by Crippen LogP contribution is 2.30. The topological polar surface area (TPSA) is 55.1 Å². The largest absolute Gasteiger partial charge is 0.351 e. The molecular formula is C12H19ClN2OS. The van der Waals surface area contributed by atoms with Gasteiger partial charge in [0.25, 0.3) is 5.91 Å². The zero-order valence-electron chi connectivity index (χ0n) is 9.99. The SMILES string of the molecule is CC(N)CCNC(=O)c1cc2c(s1)CCC2.Cl. The lowest BCUT2D eigenvalue weighted by molar-refractivity contribution is 0.0957. The van der Waals surface area contributed by atoms with Gasteiger partial charge in [-0.3, -0.25) is 4.79 Å². The van der Waals surface area contributed by atoms with Crippen molar-refractivity contribution in [1.29, 1.82) is 0 Å². The molecule has 17 heavy (non-hydrogen) atoms. The molecule has 1 aromatic rings. The minimum absolute atomic E-state index is 0. The van der Waals surface area contributed by atoms with Crippen LogP contribution in [0.25, 0.3) is 0 Å². The third-order valence-corrected chi connectivity index (χ3v) is 4.09. The predicted molar refractivity (Wildman–Crippen MR) is 74.2 cm³/mol. The van der Waals surface area contributed by atoms with Crippen LogP contribution in [0.15, 0.2) is 6.07 Å². The number of halogens is 1. The van der Waals surface area contributed by atoms with Gasteiger partial charge in [0.2, 0.25) is 0 Å². The zero-order chi connectivity index (χ0) is 11.5. The second-order valence-corrected chi connectivity index (χ2v) is 5.57. The van der Waals surface area contributed by atoms with Crippen LogP contribution in [0.3, 0.4) is 0 Å². The molecule has 1 heterocycles. The van der Waals surface area contributed by atoms with Gasteiger partial charge >= 0.3 is 0 Å². The molecule has 0 saturated heterocycles. The summed E-state index contributed by atoms with van der Waals surface area (Å²) in [6.07, 6.45) is 4.36. The van der Waals surface area contributed by atoms with E-state index < -0.39 is 0 Å². The molecule has 3 nitrogen and oxygen atoms in total. The summed E-state index contributed by atoms with van der Waals surface area (Å²) in [4.78, 5) is 14.0. The van der Waals surface area contributed by atoms with E-state index in [0.29, 0.717) is 6.54 Å². The lowest BCUT2D eigenvalue weighted by atomic mass is 10.2. The molecule has 0 bridgehead atoms. The summed E-state index contributed by atoms with van der Waals surface area (Å²) in [6.45, 7) is 2.62. The maximum atomic E-state index is 11.8. The Balaban J connectivity index is 0.00000144. The van der Waals surface area contributed by atoms with Gasteiger partial charge in [0, 0.05) is 17.5 Å². The summed E-state index contributed by atoms with van der Waals surface area (Å²) in [7, 11) is 0. The number of hydrogen-bond donors (Lipinski definition) is 2. The molecular weight excluding hydrogens is 256 g/mol. The van der Waals surface area contributed by atoms with Gasteiger partial charge in [-0.15, -0.1) is 23.7 Å². The van der Waals surface area contributed by atoms with Crippen LogP contribution in [0.5, 0.6) is 0 Å². The first-order chi connectivity index (χ1) is 7.66. The molecule has 3 N–H and O–H groups in total. The van der Waals surface area contributed by atoms with E-state index in [4.69, 9.17) is 5.73 Å². The Hall–Kier alpha value is -0.580. The summed E-state index contributed by atoms with van der Waals surface area (Å²) in [6, 6.07) is 2.20. The van der Waals surface area contributed by atoms with Crippen molar-refractivity contribution < 1.29 is 4.79 Å². The van der Waals surface area contributed by atoms with Crippen molar-refractivity contribution in [2.45, 2.75) is 38.6 Å². The van der Waals surface area contributed by atoms with Crippen LogP contribution in [0.1, 0.15) is 39.9 Å². The average molecular weight is 275 g/mol. The Morgan fingerprint density at radius 3 is 3.00 bits per heavy atom. The highest BCUT2D eigenvalue weighted by Gasteiger charge is 2.17. The number of nitrogens with two attached hydrogens (primary N) is 1. The number of thiophene rings is 1. The number of fused-ring (bicyclic) bond motifs is 1. The minimum Gasteiger partial charge on any atom is -0.351 e. The van der Waals surface area contributed by atoms with Crippen LogP contribution in [0.4, 0.5) is 0 Å². The lowest BCUT2D eigenvalue weighted by Gasteiger charge is -2.05. The van der Waals surface area contributed by atoms with Crippen LogP contribution >= 0.6 is 23.7 Å². The number of hydrogen-bond acceptors (Lipinski definition) is 3. The van der Waals surface area contributed by atoms with Crippen molar-refractivity contribution >= 4 is 29.7 Å². The van der Waals surface area contributed by atoms with Gasteiger partial charge in [-0.2, -0.15) is 0 Å². The van der Waals surface area contributed by atoms with E-state index in [0.717, 1.165) is 24.1 Å². The van der Waals surface area contributed by atoms with Crippen molar-refractivity contribution in [3.05, 3.63) is 21.4 Å². The molecule has 1 amide bonds. The highest BCUT2D eigenvalue weighted by atomic mass is 35.5. The van der Waals surface area contributed by atoms with Gasteiger partial charge < -0.3 is 11.1 Å². The fraction of sp³-hybridized carbons (Fsp3) is 0.583. The monoisotopic (exact) mass is 274 g/mol. The number of nitrogens with one attached hydrogen (secondary N) is 1. The summed E-state index contributed by atoms with van der Waals surface area (Å²) in [5.74, 6) is 0.0556. The third-order valence-electron chi connectivity index (χ3n) is 2.86. The molecule has 0 spiro atoms. The first-order valence-electron chi connectivity index (χ1n) is 5.82. The number of rotatable bonds is 4. The quantitative estimate of drug-likeness (QED) is 0.884. The van der Waals surface area contributed by atoms with E-state index in [1.165, 1.54) is 16.9 Å². The second kappa shape index (κ2) is 6.38. The molecule has 96 valence electrons. The molecule has 1 aromatic heterocycles. The first-order valence-corrected chi connectivity index (χ1v) is 6.64. The number of carbonyl (C=O) groups excluding carboxylic acids is 1. The fourth-order valence-corrected chi connectivity index (χ4v) is 3.11. The Bertz CT molecular complexity index is 368. The third kappa shape index (κ3) is 3.69. The van der Waals surface area contributed by atoms with E-state index in [1.54, 1.807) is 11.3 Å². The standard InChI is InChI=1S/C12H18N2OS.ClH/c1-8(13)5-6-14-12(15)11-7-9-3-2-4-10(9)16-11;/h7-8H,2-6,13H2,1H3,(H,14,15);1H. The van der Waals surface area contributed by atoms with E-state index >= 15 is 0 Å². The van der Waals surface area contributed by atoms with Gasteiger partial charge in [0.1, 0.15) is 0 Å². The summed E-state index contributed by atoms with van der Waals surface area (Å²) >= 11 is 1.65. The zero-order valence-corrected chi connectivity index (χ0v) is 11.6. The van der Waals surface area contributed by atoms with Crippen LogP contribution in [0, 0.1) is 0 Å². The fourth-order valence-electron chi connectivity index (χ4n) is 1.94. The minimum atomic E-state index is 0. The molecule has 0 saturated carbocycles. The van der Waals surface area contributed by atoms with Crippen LogP contribution in [-0.2, 0) is 12.8 Å². The number of carbonyl (C=O) groups is 1. The molecule has 1 aliphatic rings. The molecule has 1 atom stereocenters. The predicted octanol–water partition coefficient (Wildman–Crippen LogP) is 2.13. The summed E-state index contributed by atoms with van der Waals surface area (Å²) < 4.78 is 0. The van der Waals surface area contributed by atoms with E-state index in [-0.39, 0.29) is 24.4 Å². The molecule has 0 aliphatic heterocycles. The van der Waals surface area contributed by atoms with E-state index in [9.17, 15) is 4.79 Å². The molecule has 0 aromatic carbocycles. The summed E-state index contributed by atoms with van der Waals surface area (Å²) in [5.41, 5.74) is 7.00. The smallest absolute Gasteiger partial charge is 0.261 e. The Morgan fingerprint density at radius 1 is 1.59 bits per heavy atom. The Morgan fingerprint density at radius 2 is 2.35 bits per heavy atom. The normalized spacial score (nSPS) is 14.9. The molecule has 1 aliphatic carbocycles. The molecule has 0 radical (unpaired) electrons. The van der Waals surface area contributed by atoms with Gasteiger partial charge in [-0.25, -0.2) is 0 Å². The Kier molecular flexibility index (Phi) is 5.43. The highest BCUT2D eigenvalue weighted by molar-refractivity contribution is 7.14. The van der Waals surface area contributed by atoms with Gasteiger partial charge in [-0.1, -0.05) is 0 Å². The van der Waals surface area contributed by atoms with Crippen molar-refractivity contribution in [3.63, 3.8) is 0 Å². The van der Waals surface area contributed by atoms with Gasteiger partial charge in [0.15, 0.2) is 0 Å². The van der Waals surface area contributed by atoms with Crippen LogP contribution < -0.4 is 11.1 Å². The van der Waals surface area contributed by atoms with Crippen molar-refractivity contribution in [2.24, 2.45) is 5.73 Å². The first kappa shape index (κ1) is 14.5. The van der Waals surface area contributed by atoms with Crippen molar-refractivity contribution in [3.8, 4) is 0 Å². The molecule has 0 fully saturated rings. The summed E-state index contributed by atoms with van der Waals surface area (Å²) in [5, 5.41) is 2.91. The maximum Gasteiger partial charge on any atom is 0.261 e. The lowest BCUT2D eigenvalue weighted by Crippen LogP contribution is -2.28. The number of amides is 1. The van der Waals surface area contributed by atoms with Crippen LogP contribution in [-0.4, -0.2) is 18.5 Å². The van der Waals surface area contributed by atoms with Gasteiger partial charge in [0.05, 0.1) is 4.88 Å². The molecule has 2 rings (SSSR count). The maximum absolute atomic E-state index is 11.8. The van der Waals surface area contributed by atoms with Crippen molar-refractivity contribution in [2.75, 3.05) is 6.54 Å². The Labute approximate surface area is 112 Å². The van der Waals surface area contributed by atoms with Gasteiger partial charge in [-0.05, 0) is 44.2 Å². The molecule has 5 heteroatoms.